The van der Waals surface area contributed by atoms with Gasteiger partial charge in [-0.2, -0.15) is 4.98 Å². The molecule has 35 heavy (non-hydrogen) atoms. The first-order valence-electron chi connectivity index (χ1n) is 11.5. The molecule has 3 aromatic carbocycles. The standard InChI is InChI=1S/C28H25FN4OS/c1-3-19-9-11-21(12-10-19)25-24(27-31-26(32-34-27)22-13-15-23(29)16-14-22)18(2)33(28(35)30-25)17-20-7-5-4-6-8-20/h4-16,25H,3,17H2,1-2H3,(H,30,35). The maximum absolute atomic E-state index is 13.4. The van der Waals surface area contributed by atoms with Gasteiger partial charge in [0.25, 0.3) is 5.89 Å². The second kappa shape index (κ2) is 9.80. The summed E-state index contributed by atoms with van der Waals surface area (Å²) in [6, 6.07) is 24.4. The quantitative estimate of drug-likeness (QED) is 0.324. The Morgan fingerprint density at radius 1 is 0.971 bits per heavy atom. The zero-order valence-electron chi connectivity index (χ0n) is 19.5. The van der Waals surface area contributed by atoms with E-state index in [2.05, 4.69) is 58.7 Å². The van der Waals surface area contributed by atoms with E-state index in [0.29, 0.717) is 28.9 Å². The van der Waals surface area contributed by atoms with Crippen LogP contribution in [0.4, 0.5) is 4.39 Å². The molecule has 1 N–H and O–H groups in total. The number of thiocarbonyl (C=S) groups is 1. The molecule has 5 nitrogen and oxygen atoms in total. The van der Waals surface area contributed by atoms with Gasteiger partial charge in [0.2, 0.25) is 5.82 Å². The van der Waals surface area contributed by atoms with Gasteiger partial charge in [-0.15, -0.1) is 0 Å². The second-order valence-electron chi connectivity index (χ2n) is 8.48. The van der Waals surface area contributed by atoms with E-state index in [9.17, 15) is 4.39 Å². The number of allylic oxidation sites excluding steroid dienone is 1. The van der Waals surface area contributed by atoms with E-state index in [-0.39, 0.29) is 11.9 Å². The van der Waals surface area contributed by atoms with Crippen LogP contribution in [0.5, 0.6) is 0 Å². The molecular formula is C28H25FN4OS. The molecule has 4 aromatic rings. The lowest BCUT2D eigenvalue weighted by atomic mass is 9.93. The Kier molecular flexibility index (Phi) is 6.42. The van der Waals surface area contributed by atoms with E-state index in [1.165, 1.54) is 17.7 Å². The Bertz CT molecular complexity index is 1360. The molecule has 176 valence electrons. The van der Waals surface area contributed by atoms with Gasteiger partial charge in [0, 0.05) is 17.8 Å². The average molecular weight is 485 g/mol. The molecule has 1 unspecified atom stereocenters. The van der Waals surface area contributed by atoms with Crippen LogP contribution in [0.25, 0.3) is 17.0 Å². The van der Waals surface area contributed by atoms with Crippen LogP contribution in [0.1, 0.15) is 42.5 Å². The number of aryl methyl sites for hydroxylation is 1. The fourth-order valence-electron chi connectivity index (χ4n) is 4.26. The molecule has 0 radical (unpaired) electrons. The highest BCUT2D eigenvalue weighted by molar-refractivity contribution is 7.80. The van der Waals surface area contributed by atoms with E-state index in [4.69, 9.17) is 21.7 Å². The Morgan fingerprint density at radius 3 is 2.37 bits per heavy atom. The van der Waals surface area contributed by atoms with Gasteiger partial charge in [-0.25, -0.2) is 4.39 Å². The number of hydrogen-bond donors (Lipinski definition) is 1. The molecule has 5 rings (SSSR count). The third kappa shape index (κ3) is 4.72. The lowest BCUT2D eigenvalue weighted by Gasteiger charge is -2.37. The highest BCUT2D eigenvalue weighted by Crippen LogP contribution is 2.38. The molecule has 0 amide bonds. The van der Waals surface area contributed by atoms with E-state index >= 15 is 0 Å². The molecule has 1 aromatic heterocycles. The monoisotopic (exact) mass is 484 g/mol. The zero-order valence-corrected chi connectivity index (χ0v) is 20.3. The number of halogens is 1. The van der Waals surface area contributed by atoms with Crippen molar-refractivity contribution >= 4 is 22.9 Å². The van der Waals surface area contributed by atoms with Gasteiger partial charge in [0.15, 0.2) is 5.11 Å². The molecule has 7 heteroatoms. The first-order chi connectivity index (χ1) is 17.0. The summed E-state index contributed by atoms with van der Waals surface area (Å²) in [7, 11) is 0. The topological polar surface area (TPSA) is 54.2 Å². The molecule has 1 aliphatic heterocycles. The van der Waals surface area contributed by atoms with Crippen molar-refractivity contribution in [2.45, 2.75) is 32.9 Å². The average Bonchev–Trinajstić information content (AvgIpc) is 3.37. The van der Waals surface area contributed by atoms with Gasteiger partial charge in [0.1, 0.15) is 5.82 Å². The fourth-order valence-corrected chi connectivity index (χ4v) is 4.58. The Hall–Kier alpha value is -3.84. The van der Waals surface area contributed by atoms with Crippen LogP contribution in [-0.2, 0) is 13.0 Å². The zero-order chi connectivity index (χ0) is 24.4. The highest BCUT2D eigenvalue weighted by atomic mass is 32.1. The molecular weight excluding hydrogens is 459 g/mol. The van der Waals surface area contributed by atoms with Gasteiger partial charge < -0.3 is 14.7 Å². The highest BCUT2D eigenvalue weighted by Gasteiger charge is 2.34. The molecule has 0 spiro atoms. The predicted octanol–water partition coefficient (Wildman–Crippen LogP) is 6.30. The van der Waals surface area contributed by atoms with Crippen LogP contribution >= 0.6 is 12.2 Å². The van der Waals surface area contributed by atoms with Gasteiger partial charge in [0.05, 0.1) is 11.6 Å². The van der Waals surface area contributed by atoms with E-state index in [1.54, 1.807) is 12.1 Å². The molecule has 0 bridgehead atoms. The molecule has 1 aliphatic rings. The Labute approximate surface area is 209 Å². The molecule has 0 saturated carbocycles. The molecule has 0 fully saturated rings. The summed E-state index contributed by atoms with van der Waals surface area (Å²) in [6.45, 7) is 4.78. The van der Waals surface area contributed by atoms with E-state index in [1.807, 2.05) is 25.1 Å². The summed E-state index contributed by atoms with van der Waals surface area (Å²) < 4.78 is 19.2. The SMILES string of the molecule is CCc1ccc(C2NC(=S)N(Cc3ccccc3)C(C)=C2c2nc(-c3ccc(F)cc3)no2)cc1. The summed E-state index contributed by atoms with van der Waals surface area (Å²) in [5.41, 5.74) is 5.94. The smallest absolute Gasteiger partial charge is 0.258 e. The van der Waals surface area contributed by atoms with Crippen molar-refractivity contribution in [3.8, 4) is 11.4 Å². The summed E-state index contributed by atoms with van der Waals surface area (Å²) in [5.74, 6) is 0.496. The number of nitrogens with zero attached hydrogens (tertiary/aromatic N) is 3. The predicted molar refractivity (Wildman–Crippen MR) is 139 cm³/mol. The third-order valence-electron chi connectivity index (χ3n) is 6.26. The van der Waals surface area contributed by atoms with Crippen LogP contribution in [0.15, 0.2) is 89.1 Å². The van der Waals surface area contributed by atoms with Crippen molar-refractivity contribution in [3.63, 3.8) is 0 Å². The number of rotatable bonds is 6. The number of benzene rings is 3. The van der Waals surface area contributed by atoms with Gasteiger partial charge >= 0.3 is 0 Å². The van der Waals surface area contributed by atoms with Crippen molar-refractivity contribution < 1.29 is 8.91 Å². The van der Waals surface area contributed by atoms with Crippen molar-refractivity contribution in [3.05, 3.63) is 113 Å². The van der Waals surface area contributed by atoms with Crippen molar-refractivity contribution in [2.24, 2.45) is 0 Å². The van der Waals surface area contributed by atoms with Crippen molar-refractivity contribution in [1.29, 1.82) is 0 Å². The maximum Gasteiger partial charge on any atom is 0.258 e. The Balaban J connectivity index is 1.58. The van der Waals surface area contributed by atoms with Gasteiger partial charge in [-0.3, -0.25) is 0 Å². The largest absolute Gasteiger partial charge is 0.351 e. The fraction of sp³-hybridized carbons (Fsp3) is 0.179. The first-order valence-corrected chi connectivity index (χ1v) is 12.0. The normalized spacial score (nSPS) is 15.9. The number of aromatic nitrogens is 2. The maximum atomic E-state index is 13.4. The molecule has 1 atom stereocenters. The number of hydrogen-bond acceptors (Lipinski definition) is 4. The summed E-state index contributed by atoms with van der Waals surface area (Å²) >= 11 is 5.80. The van der Waals surface area contributed by atoms with Crippen molar-refractivity contribution in [1.82, 2.24) is 20.4 Å². The van der Waals surface area contributed by atoms with Crippen LogP contribution in [0.3, 0.4) is 0 Å². The van der Waals surface area contributed by atoms with Crippen LogP contribution in [0, 0.1) is 5.82 Å². The van der Waals surface area contributed by atoms with E-state index < -0.39 is 0 Å². The van der Waals surface area contributed by atoms with Crippen LogP contribution in [0.2, 0.25) is 0 Å². The summed E-state index contributed by atoms with van der Waals surface area (Å²) in [6.07, 6.45) is 0.966. The summed E-state index contributed by atoms with van der Waals surface area (Å²) in [5, 5.41) is 8.32. The number of nitrogens with one attached hydrogen (secondary N) is 1. The minimum Gasteiger partial charge on any atom is -0.351 e. The lowest BCUT2D eigenvalue weighted by molar-refractivity contribution is 0.396. The van der Waals surface area contributed by atoms with Gasteiger partial charge in [-0.05, 0) is 66.5 Å². The van der Waals surface area contributed by atoms with Crippen LogP contribution in [-0.4, -0.2) is 20.2 Å². The Morgan fingerprint density at radius 2 is 1.69 bits per heavy atom. The molecule has 0 saturated heterocycles. The lowest BCUT2D eigenvalue weighted by Crippen LogP contribution is -2.45. The van der Waals surface area contributed by atoms with Gasteiger partial charge in [-0.1, -0.05) is 66.7 Å². The third-order valence-corrected chi connectivity index (χ3v) is 6.60. The minimum atomic E-state index is -0.312. The van der Waals surface area contributed by atoms with E-state index in [0.717, 1.165) is 28.8 Å². The first kappa shape index (κ1) is 22.9. The molecule has 2 heterocycles. The minimum absolute atomic E-state index is 0.248. The van der Waals surface area contributed by atoms with Crippen molar-refractivity contribution in [2.75, 3.05) is 0 Å². The second-order valence-corrected chi connectivity index (χ2v) is 8.87. The molecule has 0 aliphatic carbocycles. The summed E-state index contributed by atoms with van der Waals surface area (Å²) in [4.78, 5) is 6.75. The van der Waals surface area contributed by atoms with Crippen LogP contribution < -0.4 is 5.32 Å².